The minimum absolute atomic E-state index is 0.0964. The van der Waals surface area contributed by atoms with Crippen molar-refractivity contribution in [3.63, 3.8) is 0 Å². The number of carboxylic acid groups (broad SMARTS) is 1. The third-order valence-corrected chi connectivity index (χ3v) is 3.39. The molecule has 0 bridgehead atoms. The number of hydrogen-bond donors (Lipinski definition) is 1. The first-order chi connectivity index (χ1) is 10.7. The Kier molecular flexibility index (Phi) is 3.42. The highest BCUT2D eigenvalue weighted by Gasteiger charge is 2.19. The van der Waals surface area contributed by atoms with Crippen LogP contribution in [-0.2, 0) is 0 Å². The maximum Gasteiger partial charge on any atom is 0.170 e. The largest absolute Gasteiger partial charge is 0.545 e. The molecular weight excluding hydrogens is 284 g/mol. The zero-order valence-corrected chi connectivity index (χ0v) is 12.0. The monoisotopic (exact) mass is 297 g/mol. The Morgan fingerprint density at radius 1 is 1.14 bits per heavy atom. The molecule has 6 heteroatoms. The van der Waals surface area contributed by atoms with E-state index in [0.717, 1.165) is 11.0 Å². The number of aromatic carboxylic acids is 1. The quantitative estimate of drug-likeness (QED) is 0.790. The summed E-state index contributed by atoms with van der Waals surface area (Å²) in [4.78, 5) is 19.1. The Morgan fingerprint density at radius 2 is 1.91 bits per heavy atom. The summed E-state index contributed by atoms with van der Waals surface area (Å²) < 4.78 is 10.3. The van der Waals surface area contributed by atoms with Crippen molar-refractivity contribution >= 4 is 17.0 Å². The number of aromatic nitrogens is 2. The van der Waals surface area contributed by atoms with Crippen LogP contribution in [-0.4, -0.2) is 30.2 Å². The van der Waals surface area contributed by atoms with Gasteiger partial charge in [0.2, 0.25) is 0 Å². The first-order valence-corrected chi connectivity index (χ1v) is 6.57. The lowest BCUT2D eigenvalue weighted by Crippen LogP contribution is -2.24. The van der Waals surface area contributed by atoms with Crippen molar-refractivity contribution in [3.8, 4) is 22.9 Å². The maximum absolute atomic E-state index is 11.6. The first-order valence-electron chi connectivity index (χ1n) is 6.57. The molecule has 3 aromatic rings. The third kappa shape index (κ3) is 2.14. The number of nitrogens with zero attached hydrogens (tertiary/aromatic N) is 1. The van der Waals surface area contributed by atoms with Crippen LogP contribution in [0.5, 0.6) is 11.5 Å². The lowest BCUT2D eigenvalue weighted by atomic mass is 10.0. The van der Waals surface area contributed by atoms with E-state index in [1.807, 2.05) is 24.3 Å². The van der Waals surface area contributed by atoms with Crippen LogP contribution >= 0.6 is 0 Å². The summed E-state index contributed by atoms with van der Waals surface area (Å²) in [5.41, 5.74) is 1.85. The van der Waals surface area contributed by atoms with Crippen molar-refractivity contribution in [1.82, 2.24) is 9.97 Å². The van der Waals surface area contributed by atoms with Gasteiger partial charge in [0.25, 0.3) is 0 Å². The molecule has 3 rings (SSSR count). The molecule has 112 valence electrons. The van der Waals surface area contributed by atoms with Crippen molar-refractivity contribution in [2.24, 2.45) is 0 Å². The second-order valence-electron chi connectivity index (χ2n) is 4.61. The van der Waals surface area contributed by atoms with Crippen LogP contribution in [0.4, 0.5) is 0 Å². The van der Waals surface area contributed by atoms with E-state index in [2.05, 4.69) is 9.97 Å². The molecule has 1 aromatic heterocycles. The van der Waals surface area contributed by atoms with Crippen LogP contribution in [0.3, 0.4) is 0 Å². The molecule has 2 aromatic carbocycles. The van der Waals surface area contributed by atoms with Crippen LogP contribution in [0.1, 0.15) is 10.4 Å². The van der Waals surface area contributed by atoms with Crippen molar-refractivity contribution in [1.29, 1.82) is 0 Å². The van der Waals surface area contributed by atoms with Crippen molar-refractivity contribution < 1.29 is 19.4 Å². The Morgan fingerprint density at radius 3 is 2.55 bits per heavy atom. The van der Waals surface area contributed by atoms with Gasteiger partial charge in [0.1, 0.15) is 5.82 Å². The Balaban J connectivity index is 2.27. The Labute approximate surface area is 126 Å². The smallest absolute Gasteiger partial charge is 0.170 e. The number of methoxy groups -OCH3 is 2. The molecule has 1 heterocycles. The predicted octanol–water partition coefficient (Wildman–Crippen LogP) is 1.61. The lowest BCUT2D eigenvalue weighted by molar-refractivity contribution is -0.255. The highest BCUT2D eigenvalue weighted by atomic mass is 16.5. The van der Waals surface area contributed by atoms with Gasteiger partial charge in [-0.05, 0) is 24.3 Å². The van der Waals surface area contributed by atoms with Crippen LogP contribution in [0.2, 0.25) is 0 Å². The second kappa shape index (κ2) is 5.40. The fraction of sp³-hybridized carbons (Fsp3) is 0.125. The van der Waals surface area contributed by atoms with Crippen LogP contribution in [0, 0.1) is 0 Å². The van der Waals surface area contributed by atoms with E-state index < -0.39 is 5.97 Å². The van der Waals surface area contributed by atoms with Gasteiger partial charge in [0, 0.05) is 5.56 Å². The van der Waals surface area contributed by atoms with E-state index in [1.165, 1.54) is 14.2 Å². The van der Waals surface area contributed by atoms with Gasteiger partial charge in [0.15, 0.2) is 11.5 Å². The number of hydrogen-bond acceptors (Lipinski definition) is 5. The first kappa shape index (κ1) is 13.9. The molecule has 6 nitrogen and oxygen atoms in total. The molecule has 0 aliphatic heterocycles. The highest BCUT2D eigenvalue weighted by Crippen LogP contribution is 2.37. The standard InChI is InChI=1S/C16H14N2O4/c1-21-12-8-7-9(13(16(19)20)14(12)22-2)15-17-10-5-3-4-6-11(10)18-15/h3-8H,1-2H3,(H,17,18)(H,19,20)/p-1. The van der Waals surface area contributed by atoms with Gasteiger partial charge in [-0.2, -0.15) is 0 Å². The van der Waals surface area contributed by atoms with E-state index in [-0.39, 0.29) is 11.3 Å². The Hall–Kier alpha value is -3.02. The molecule has 0 fully saturated rings. The number of aromatic amines is 1. The molecule has 0 radical (unpaired) electrons. The topological polar surface area (TPSA) is 87.3 Å². The van der Waals surface area contributed by atoms with Crippen LogP contribution < -0.4 is 14.6 Å². The number of carbonyl (C=O) groups excluding carboxylic acids is 1. The van der Waals surface area contributed by atoms with Gasteiger partial charge in [0.05, 0.1) is 36.8 Å². The Bertz CT molecular complexity index is 821. The summed E-state index contributed by atoms with van der Waals surface area (Å²) in [6.07, 6.45) is 0. The molecule has 0 saturated carbocycles. The van der Waals surface area contributed by atoms with Gasteiger partial charge >= 0.3 is 0 Å². The van der Waals surface area contributed by atoms with E-state index in [1.54, 1.807) is 12.1 Å². The summed E-state index contributed by atoms with van der Waals surface area (Å²) in [7, 11) is 2.82. The molecule has 0 spiro atoms. The molecule has 0 unspecified atom stereocenters. The fourth-order valence-electron chi connectivity index (χ4n) is 2.41. The third-order valence-electron chi connectivity index (χ3n) is 3.39. The fourth-order valence-corrected chi connectivity index (χ4v) is 2.41. The summed E-state index contributed by atoms with van der Waals surface area (Å²) in [5.74, 6) is -0.491. The molecule has 1 N–H and O–H groups in total. The second-order valence-corrected chi connectivity index (χ2v) is 4.61. The van der Waals surface area contributed by atoms with Crippen molar-refractivity contribution in [2.75, 3.05) is 14.2 Å². The number of ether oxygens (including phenoxy) is 2. The minimum atomic E-state index is -1.36. The van der Waals surface area contributed by atoms with Crippen LogP contribution in [0.25, 0.3) is 22.4 Å². The number of carboxylic acids is 1. The summed E-state index contributed by atoms with van der Waals surface area (Å²) in [6, 6.07) is 10.7. The molecular formula is C16H13N2O4-. The number of H-pyrrole nitrogens is 1. The highest BCUT2D eigenvalue weighted by molar-refractivity contribution is 5.98. The number of carbonyl (C=O) groups is 1. The SMILES string of the molecule is COc1ccc(-c2nc3ccccc3[nH]2)c(C(=O)[O-])c1OC. The summed E-state index contributed by atoms with van der Waals surface area (Å²) in [6.45, 7) is 0. The number of imidazole rings is 1. The number of para-hydroxylation sites is 2. The van der Waals surface area contributed by atoms with E-state index >= 15 is 0 Å². The number of benzene rings is 2. The van der Waals surface area contributed by atoms with Crippen molar-refractivity contribution in [3.05, 3.63) is 42.0 Å². The zero-order valence-electron chi connectivity index (χ0n) is 12.0. The van der Waals surface area contributed by atoms with E-state index in [4.69, 9.17) is 9.47 Å². The molecule has 0 amide bonds. The van der Waals surface area contributed by atoms with Gasteiger partial charge in [-0.1, -0.05) is 12.1 Å². The number of nitrogens with one attached hydrogen (secondary N) is 1. The van der Waals surface area contributed by atoms with Gasteiger partial charge < -0.3 is 24.4 Å². The molecule has 0 saturated heterocycles. The number of rotatable bonds is 4. The van der Waals surface area contributed by atoms with Crippen LogP contribution in [0.15, 0.2) is 36.4 Å². The molecule has 0 aliphatic rings. The average Bonchev–Trinajstić information content (AvgIpc) is 2.96. The van der Waals surface area contributed by atoms with Gasteiger partial charge in [-0.25, -0.2) is 4.98 Å². The van der Waals surface area contributed by atoms with E-state index in [0.29, 0.717) is 17.1 Å². The molecule has 22 heavy (non-hydrogen) atoms. The van der Waals surface area contributed by atoms with Gasteiger partial charge in [-0.15, -0.1) is 0 Å². The molecule has 0 aliphatic carbocycles. The zero-order chi connectivity index (χ0) is 15.7. The van der Waals surface area contributed by atoms with Crippen molar-refractivity contribution in [2.45, 2.75) is 0 Å². The van der Waals surface area contributed by atoms with E-state index in [9.17, 15) is 9.90 Å². The van der Waals surface area contributed by atoms with Gasteiger partial charge in [-0.3, -0.25) is 0 Å². The molecule has 0 atom stereocenters. The normalized spacial score (nSPS) is 10.6. The average molecular weight is 297 g/mol. The minimum Gasteiger partial charge on any atom is -0.545 e. The lowest BCUT2D eigenvalue weighted by Gasteiger charge is -2.16. The number of fused-ring (bicyclic) bond motifs is 1. The predicted molar refractivity (Wildman–Crippen MR) is 79.0 cm³/mol. The summed E-state index contributed by atoms with van der Waals surface area (Å²) in [5, 5.41) is 11.6. The maximum atomic E-state index is 11.6. The summed E-state index contributed by atoms with van der Waals surface area (Å²) >= 11 is 0.